The summed E-state index contributed by atoms with van der Waals surface area (Å²) in [5, 5.41) is 11.9. The first-order valence-electron chi connectivity index (χ1n) is 14.8. The number of halogens is 1. The minimum atomic E-state index is -1.86. The second-order valence-electron chi connectivity index (χ2n) is 11.7. The number of cyclic esters (lactones) is 1. The molecule has 11 heteroatoms. The predicted molar refractivity (Wildman–Crippen MR) is 163 cm³/mol. The Labute approximate surface area is 256 Å². The molecule has 42 heavy (non-hydrogen) atoms. The second kappa shape index (κ2) is 10.6. The number of pyridine rings is 2. The third-order valence-corrected chi connectivity index (χ3v) is 10.5. The largest absolute Gasteiger partial charge is 0.458 e. The molecule has 0 aliphatic carbocycles. The molecule has 3 aromatic rings. The lowest BCUT2D eigenvalue weighted by atomic mass is 9.86. The number of amides is 1. The third kappa shape index (κ3) is 4.43. The summed E-state index contributed by atoms with van der Waals surface area (Å²) >= 11 is 2.19. The van der Waals surface area contributed by atoms with E-state index in [9.17, 15) is 19.5 Å². The fourth-order valence-corrected chi connectivity index (χ4v) is 7.65. The Hall–Kier alpha value is -3.03. The molecule has 1 amide bonds. The van der Waals surface area contributed by atoms with E-state index in [1.807, 2.05) is 12.1 Å². The molecule has 4 aliphatic rings. The average molecular weight is 685 g/mol. The summed E-state index contributed by atoms with van der Waals surface area (Å²) in [5.41, 5.74) is 1.18. The van der Waals surface area contributed by atoms with E-state index in [2.05, 4.69) is 27.5 Å². The van der Waals surface area contributed by atoms with E-state index in [1.165, 1.54) is 32.4 Å². The number of likely N-dealkylation sites (tertiary alicyclic amines) is 2. The third-order valence-electron chi connectivity index (χ3n) is 9.42. The Morgan fingerprint density at radius 3 is 2.64 bits per heavy atom. The molecule has 220 valence electrons. The molecule has 0 unspecified atom stereocenters. The molecule has 0 radical (unpaired) electrons. The van der Waals surface area contributed by atoms with Crippen molar-refractivity contribution >= 4 is 45.6 Å². The van der Waals surface area contributed by atoms with Gasteiger partial charge in [-0.3, -0.25) is 4.79 Å². The number of rotatable bonds is 3. The van der Waals surface area contributed by atoms with Crippen LogP contribution in [-0.4, -0.2) is 68.7 Å². The van der Waals surface area contributed by atoms with Crippen LogP contribution in [0.1, 0.15) is 62.1 Å². The predicted octanol–water partition coefficient (Wildman–Crippen LogP) is 4.13. The number of carbonyl (C=O) groups excluding carboxylic acids is 2. The number of carbonyl (C=O) groups is 2. The van der Waals surface area contributed by atoms with Gasteiger partial charge in [0.15, 0.2) is 5.60 Å². The Morgan fingerprint density at radius 1 is 1.14 bits per heavy atom. The zero-order chi connectivity index (χ0) is 29.2. The molecule has 2 fully saturated rings. The van der Waals surface area contributed by atoms with E-state index in [0.29, 0.717) is 59.5 Å². The van der Waals surface area contributed by atoms with Gasteiger partial charge in [-0.25, -0.2) is 14.6 Å². The molecule has 0 saturated carbocycles. The smallest absolute Gasteiger partial charge is 0.415 e. The molecule has 7 rings (SSSR count). The van der Waals surface area contributed by atoms with Crippen molar-refractivity contribution in [3.63, 3.8) is 0 Å². The zero-order valence-corrected chi connectivity index (χ0v) is 25.7. The molecule has 4 aliphatic heterocycles. The van der Waals surface area contributed by atoms with Gasteiger partial charge in [0.25, 0.3) is 5.56 Å². The molecule has 10 nitrogen and oxygen atoms in total. The summed E-state index contributed by atoms with van der Waals surface area (Å²) in [6.45, 7) is 5.55. The van der Waals surface area contributed by atoms with E-state index in [-0.39, 0.29) is 24.7 Å². The number of hydrogen-bond donors (Lipinski definition) is 1. The van der Waals surface area contributed by atoms with Crippen LogP contribution in [0, 0.1) is 3.57 Å². The highest BCUT2D eigenvalue weighted by atomic mass is 127. The van der Waals surface area contributed by atoms with Crippen LogP contribution in [0.4, 0.5) is 4.79 Å². The van der Waals surface area contributed by atoms with Gasteiger partial charge in [-0.05, 0) is 92.0 Å². The normalized spacial score (nSPS) is 22.5. The number of fused-ring (bicyclic) bond motifs is 5. The van der Waals surface area contributed by atoms with E-state index in [1.54, 1.807) is 28.5 Å². The summed E-state index contributed by atoms with van der Waals surface area (Å²) in [6.07, 6.45) is 5.56. The first-order chi connectivity index (χ1) is 20.3. The molecule has 1 atom stereocenters. The van der Waals surface area contributed by atoms with Crippen molar-refractivity contribution < 1.29 is 24.2 Å². The van der Waals surface area contributed by atoms with Crippen LogP contribution in [0.25, 0.3) is 22.3 Å². The van der Waals surface area contributed by atoms with Crippen molar-refractivity contribution in [2.24, 2.45) is 0 Å². The topological polar surface area (TPSA) is 114 Å². The molecule has 0 spiro atoms. The summed E-state index contributed by atoms with van der Waals surface area (Å²) in [6, 6.07) is 7.83. The van der Waals surface area contributed by atoms with Gasteiger partial charge in [-0.2, -0.15) is 0 Å². The van der Waals surface area contributed by atoms with E-state index < -0.39 is 11.6 Å². The van der Waals surface area contributed by atoms with Crippen molar-refractivity contribution in [3.05, 3.63) is 54.9 Å². The highest BCUT2D eigenvalue weighted by Gasteiger charge is 2.45. The fourth-order valence-electron chi connectivity index (χ4n) is 6.93. The Kier molecular flexibility index (Phi) is 7.01. The van der Waals surface area contributed by atoms with Crippen LogP contribution < -0.4 is 10.3 Å². The minimum Gasteiger partial charge on any atom is -0.458 e. The number of aliphatic hydroxyl groups is 1. The van der Waals surface area contributed by atoms with Crippen molar-refractivity contribution in [1.82, 2.24) is 19.4 Å². The van der Waals surface area contributed by atoms with Gasteiger partial charge < -0.3 is 28.9 Å². The molecule has 0 bridgehead atoms. The molecule has 1 N–H and O–H groups in total. The SMILES string of the molecule is CC[C@@]1(O)C(=O)OCc2c1cc1n(c2=O)Cc2cc3c(I)c(OC(=O)N4CCC(N5CCCCC5)CC4)ccc3nc2-1. The van der Waals surface area contributed by atoms with Crippen LogP contribution >= 0.6 is 22.6 Å². The van der Waals surface area contributed by atoms with E-state index >= 15 is 0 Å². The maximum atomic E-state index is 13.4. The summed E-state index contributed by atoms with van der Waals surface area (Å²) in [7, 11) is 0. The average Bonchev–Trinajstić information content (AvgIpc) is 3.38. The van der Waals surface area contributed by atoms with Gasteiger partial charge in [-0.15, -0.1) is 0 Å². The lowest BCUT2D eigenvalue weighted by molar-refractivity contribution is -0.172. The van der Waals surface area contributed by atoms with Crippen molar-refractivity contribution in [1.29, 1.82) is 0 Å². The van der Waals surface area contributed by atoms with E-state index in [4.69, 9.17) is 14.5 Å². The number of ether oxygens (including phenoxy) is 2. The zero-order valence-electron chi connectivity index (χ0n) is 23.5. The maximum Gasteiger partial charge on any atom is 0.415 e. The lowest BCUT2D eigenvalue weighted by Gasteiger charge is -2.39. The summed E-state index contributed by atoms with van der Waals surface area (Å²) in [5.74, 6) is -0.255. The molecular formula is C31H33IN4O6. The van der Waals surface area contributed by atoms with Crippen LogP contribution in [-0.2, 0) is 28.3 Å². The maximum absolute atomic E-state index is 13.4. The van der Waals surface area contributed by atoms with E-state index in [0.717, 1.165) is 27.4 Å². The standard InChI is InChI=1S/C31H33IN4O6/c1-2-31(40)22-15-24-27-18(16-36(24)28(37)21(22)17-41-29(31)38)14-20-23(33-27)6-7-25(26(20)32)42-30(39)35-12-8-19(9-13-35)34-10-4-3-5-11-34/h6-7,14-15,19,40H,2-5,8-13,16-17H2,1H3/t31-/m0/s1. The van der Waals surface area contributed by atoms with Gasteiger partial charge in [-0.1, -0.05) is 13.3 Å². The van der Waals surface area contributed by atoms with Crippen molar-refractivity contribution in [2.45, 2.75) is 70.2 Å². The van der Waals surface area contributed by atoms with Gasteiger partial charge >= 0.3 is 12.1 Å². The highest BCUT2D eigenvalue weighted by molar-refractivity contribution is 14.1. The molecule has 6 heterocycles. The molecule has 2 aromatic heterocycles. The van der Waals surface area contributed by atoms with Crippen LogP contribution in [0.3, 0.4) is 0 Å². The summed E-state index contributed by atoms with van der Waals surface area (Å²) in [4.78, 5) is 48.3. The quantitative estimate of drug-likeness (QED) is 0.253. The van der Waals surface area contributed by atoms with Crippen LogP contribution in [0.5, 0.6) is 5.75 Å². The summed E-state index contributed by atoms with van der Waals surface area (Å²) < 4.78 is 13.5. The molecular weight excluding hydrogens is 651 g/mol. The Balaban J connectivity index is 1.14. The highest BCUT2D eigenvalue weighted by Crippen LogP contribution is 2.40. The number of benzene rings is 1. The van der Waals surface area contributed by atoms with Crippen LogP contribution in [0.15, 0.2) is 29.1 Å². The van der Waals surface area contributed by atoms with Crippen LogP contribution in [0.2, 0.25) is 0 Å². The number of piperidine rings is 2. The van der Waals surface area contributed by atoms with Gasteiger partial charge in [0, 0.05) is 35.6 Å². The number of nitrogens with zero attached hydrogens (tertiary/aromatic N) is 4. The number of esters is 1. The monoisotopic (exact) mass is 684 g/mol. The van der Waals surface area contributed by atoms with Gasteiger partial charge in [0.2, 0.25) is 0 Å². The first-order valence-corrected chi connectivity index (χ1v) is 15.9. The van der Waals surface area contributed by atoms with Crippen molar-refractivity contribution in [3.8, 4) is 17.1 Å². The van der Waals surface area contributed by atoms with Gasteiger partial charge in [0.1, 0.15) is 12.4 Å². The second-order valence-corrected chi connectivity index (χ2v) is 12.8. The molecule has 1 aromatic carbocycles. The minimum absolute atomic E-state index is 0.0931. The van der Waals surface area contributed by atoms with Gasteiger partial charge in [0.05, 0.1) is 32.6 Å². The Morgan fingerprint density at radius 2 is 1.90 bits per heavy atom. The Bertz CT molecular complexity index is 1670. The first kappa shape index (κ1) is 27.8. The lowest BCUT2D eigenvalue weighted by Crippen LogP contribution is -2.48. The van der Waals surface area contributed by atoms with Crippen molar-refractivity contribution in [2.75, 3.05) is 26.2 Å². The number of hydrogen-bond acceptors (Lipinski definition) is 8. The molecule has 2 saturated heterocycles. The number of aromatic nitrogens is 2. The fraction of sp³-hybridized carbons (Fsp3) is 0.484.